The van der Waals surface area contributed by atoms with Crippen molar-refractivity contribution in [3.63, 3.8) is 0 Å². The molecule has 0 unspecified atom stereocenters. The summed E-state index contributed by atoms with van der Waals surface area (Å²) < 4.78 is 0. The van der Waals surface area contributed by atoms with E-state index in [0.29, 0.717) is 19.5 Å². The standard InChI is InChI=1S/C12H11N3O2/c1-2-11(16)15-4-3-10-9(7-15)5-8(6-13)12(17)14-10/h2,5H,1,3-4,7H2,(H,14,17). The van der Waals surface area contributed by atoms with Crippen LogP contribution in [0.5, 0.6) is 0 Å². The van der Waals surface area contributed by atoms with Crippen molar-refractivity contribution in [2.24, 2.45) is 0 Å². The van der Waals surface area contributed by atoms with Crippen molar-refractivity contribution in [1.29, 1.82) is 5.26 Å². The van der Waals surface area contributed by atoms with E-state index < -0.39 is 0 Å². The SMILES string of the molecule is C=CC(=O)N1CCc2[nH]c(=O)c(C#N)cc2C1. The maximum absolute atomic E-state index is 11.5. The van der Waals surface area contributed by atoms with Gasteiger partial charge in [0.05, 0.1) is 0 Å². The lowest BCUT2D eigenvalue weighted by molar-refractivity contribution is -0.126. The van der Waals surface area contributed by atoms with Crippen LogP contribution < -0.4 is 5.56 Å². The van der Waals surface area contributed by atoms with Crippen LogP contribution in [0.3, 0.4) is 0 Å². The molecule has 0 radical (unpaired) electrons. The molecule has 0 aliphatic carbocycles. The van der Waals surface area contributed by atoms with E-state index in [2.05, 4.69) is 11.6 Å². The van der Waals surface area contributed by atoms with Crippen LogP contribution in [0, 0.1) is 11.3 Å². The number of rotatable bonds is 1. The first-order valence-corrected chi connectivity index (χ1v) is 5.22. The Morgan fingerprint density at radius 3 is 3.06 bits per heavy atom. The van der Waals surface area contributed by atoms with Crippen LogP contribution >= 0.6 is 0 Å². The minimum atomic E-state index is -0.366. The average Bonchev–Trinajstić information content (AvgIpc) is 2.36. The Labute approximate surface area is 98.0 Å². The van der Waals surface area contributed by atoms with Gasteiger partial charge in [-0.2, -0.15) is 5.26 Å². The van der Waals surface area contributed by atoms with Crippen molar-refractivity contribution in [2.45, 2.75) is 13.0 Å². The Bertz CT molecular complexity index is 580. The van der Waals surface area contributed by atoms with Gasteiger partial charge in [-0.25, -0.2) is 0 Å². The average molecular weight is 229 g/mol. The molecule has 17 heavy (non-hydrogen) atoms. The zero-order valence-electron chi connectivity index (χ0n) is 9.19. The van der Waals surface area contributed by atoms with E-state index in [0.717, 1.165) is 11.3 Å². The Kier molecular flexibility index (Phi) is 2.79. The maximum atomic E-state index is 11.5. The predicted octanol–water partition coefficient (Wildman–Crippen LogP) is 0.317. The lowest BCUT2D eigenvalue weighted by atomic mass is 10.0. The number of nitrogens with one attached hydrogen (secondary N) is 1. The second kappa shape index (κ2) is 4.26. The van der Waals surface area contributed by atoms with E-state index in [1.165, 1.54) is 6.08 Å². The number of aromatic amines is 1. The highest BCUT2D eigenvalue weighted by atomic mass is 16.2. The first-order chi connectivity index (χ1) is 8.15. The van der Waals surface area contributed by atoms with Crippen LogP contribution in [0.1, 0.15) is 16.8 Å². The molecule has 0 fully saturated rings. The number of nitriles is 1. The van der Waals surface area contributed by atoms with Gasteiger partial charge in [0, 0.05) is 25.2 Å². The highest BCUT2D eigenvalue weighted by Crippen LogP contribution is 2.16. The lowest BCUT2D eigenvalue weighted by Crippen LogP contribution is -2.36. The molecule has 1 aliphatic heterocycles. The van der Waals surface area contributed by atoms with E-state index in [-0.39, 0.29) is 17.0 Å². The predicted molar refractivity (Wildman–Crippen MR) is 61.1 cm³/mol. The maximum Gasteiger partial charge on any atom is 0.266 e. The molecule has 1 aromatic rings. The third-order valence-electron chi connectivity index (χ3n) is 2.81. The van der Waals surface area contributed by atoms with Gasteiger partial charge in [-0.3, -0.25) is 9.59 Å². The Morgan fingerprint density at radius 1 is 1.65 bits per heavy atom. The summed E-state index contributed by atoms with van der Waals surface area (Å²) in [4.78, 5) is 27.2. The van der Waals surface area contributed by atoms with Crippen LogP contribution in [0.15, 0.2) is 23.5 Å². The van der Waals surface area contributed by atoms with Crippen molar-refractivity contribution in [1.82, 2.24) is 9.88 Å². The first-order valence-electron chi connectivity index (χ1n) is 5.22. The summed E-state index contributed by atoms with van der Waals surface area (Å²) in [7, 11) is 0. The van der Waals surface area contributed by atoms with Crippen LogP contribution in [0.2, 0.25) is 0 Å². The minimum Gasteiger partial charge on any atom is -0.334 e. The van der Waals surface area contributed by atoms with E-state index in [9.17, 15) is 9.59 Å². The van der Waals surface area contributed by atoms with Gasteiger partial charge in [0.15, 0.2) is 0 Å². The molecule has 0 saturated carbocycles. The molecule has 0 atom stereocenters. The monoisotopic (exact) mass is 229 g/mol. The van der Waals surface area contributed by atoms with Gasteiger partial charge in [0.25, 0.3) is 5.56 Å². The molecule has 1 amide bonds. The van der Waals surface area contributed by atoms with Crippen LogP contribution in [0.4, 0.5) is 0 Å². The van der Waals surface area contributed by atoms with Gasteiger partial charge < -0.3 is 9.88 Å². The number of hydrogen-bond acceptors (Lipinski definition) is 3. The fraction of sp³-hybridized carbons (Fsp3) is 0.250. The summed E-state index contributed by atoms with van der Waals surface area (Å²) >= 11 is 0. The molecule has 5 heteroatoms. The lowest BCUT2D eigenvalue weighted by Gasteiger charge is -2.27. The van der Waals surface area contributed by atoms with Crippen molar-refractivity contribution in [2.75, 3.05) is 6.54 Å². The molecule has 2 rings (SSSR count). The summed E-state index contributed by atoms with van der Waals surface area (Å²) in [6.07, 6.45) is 1.86. The zero-order chi connectivity index (χ0) is 12.4. The second-order valence-corrected chi connectivity index (χ2v) is 3.84. The number of nitrogens with zero attached hydrogens (tertiary/aromatic N) is 2. The molecule has 2 heterocycles. The normalized spacial score (nSPS) is 13.7. The van der Waals surface area contributed by atoms with Crippen molar-refractivity contribution < 1.29 is 4.79 Å². The number of fused-ring (bicyclic) bond motifs is 1. The molecule has 86 valence electrons. The quantitative estimate of drug-likeness (QED) is 0.704. The van der Waals surface area contributed by atoms with Gasteiger partial charge in [0.1, 0.15) is 11.6 Å². The number of hydrogen-bond donors (Lipinski definition) is 1. The molecule has 1 aromatic heterocycles. The number of pyridine rings is 1. The fourth-order valence-electron chi connectivity index (χ4n) is 1.91. The molecular formula is C12H11N3O2. The third kappa shape index (κ3) is 1.97. The highest BCUT2D eigenvalue weighted by molar-refractivity contribution is 5.87. The van der Waals surface area contributed by atoms with E-state index in [1.54, 1.807) is 11.0 Å². The number of carbonyl (C=O) groups excluding carboxylic acids is 1. The van der Waals surface area contributed by atoms with Crippen LogP contribution in [0.25, 0.3) is 0 Å². The molecule has 0 aromatic carbocycles. The van der Waals surface area contributed by atoms with Gasteiger partial charge in [-0.05, 0) is 17.7 Å². The largest absolute Gasteiger partial charge is 0.334 e. The second-order valence-electron chi connectivity index (χ2n) is 3.84. The van der Waals surface area contributed by atoms with Crippen molar-refractivity contribution in [3.8, 4) is 6.07 Å². The first kappa shape index (κ1) is 11.1. The van der Waals surface area contributed by atoms with E-state index in [1.807, 2.05) is 6.07 Å². The summed E-state index contributed by atoms with van der Waals surface area (Å²) in [5.41, 5.74) is 1.34. The molecule has 1 aliphatic rings. The zero-order valence-corrected chi connectivity index (χ0v) is 9.19. The minimum absolute atomic E-state index is 0.0802. The Balaban J connectivity index is 2.38. The molecule has 0 bridgehead atoms. The molecule has 0 saturated heterocycles. The summed E-state index contributed by atoms with van der Waals surface area (Å²) in [5.74, 6) is -0.139. The third-order valence-corrected chi connectivity index (χ3v) is 2.81. The van der Waals surface area contributed by atoms with Gasteiger partial charge in [-0.1, -0.05) is 6.58 Å². The van der Waals surface area contributed by atoms with Crippen LogP contribution in [-0.2, 0) is 17.8 Å². The number of H-pyrrole nitrogens is 1. The van der Waals surface area contributed by atoms with Crippen molar-refractivity contribution in [3.05, 3.63) is 45.9 Å². The smallest absolute Gasteiger partial charge is 0.266 e. The Morgan fingerprint density at radius 2 is 2.41 bits per heavy atom. The number of carbonyl (C=O) groups is 1. The fourth-order valence-corrected chi connectivity index (χ4v) is 1.91. The summed E-state index contributed by atoms with van der Waals surface area (Å²) in [6.45, 7) is 4.40. The van der Waals surface area contributed by atoms with Crippen molar-refractivity contribution >= 4 is 5.91 Å². The summed E-state index contributed by atoms with van der Waals surface area (Å²) in [5, 5.41) is 8.77. The van der Waals surface area contributed by atoms with E-state index >= 15 is 0 Å². The molecular weight excluding hydrogens is 218 g/mol. The molecule has 5 nitrogen and oxygen atoms in total. The van der Waals surface area contributed by atoms with Gasteiger partial charge in [0.2, 0.25) is 5.91 Å². The Hall–Kier alpha value is -2.35. The van der Waals surface area contributed by atoms with Gasteiger partial charge in [-0.15, -0.1) is 0 Å². The number of aromatic nitrogens is 1. The topological polar surface area (TPSA) is 77.0 Å². The molecule has 0 spiro atoms. The van der Waals surface area contributed by atoms with Gasteiger partial charge >= 0.3 is 0 Å². The van der Waals surface area contributed by atoms with E-state index in [4.69, 9.17) is 5.26 Å². The number of amides is 1. The molecule has 1 N–H and O–H groups in total. The highest BCUT2D eigenvalue weighted by Gasteiger charge is 2.20. The van der Waals surface area contributed by atoms with Crippen LogP contribution in [-0.4, -0.2) is 22.3 Å². The summed E-state index contributed by atoms with van der Waals surface area (Å²) in [6, 6.07) is 3.39.